The monoisotopic (exact) mass is 326 g/mol. The summed E-state index contributed by atoms with van der Waals surface area (Å²) < 4.78 is 0.765. The number of nitrogens with one attached hydrogen (secondary N) is 2. The smallest absolute Gasteiger partial charge is 0.326 e. The zero-order valence-electron chi connectivity index (χ0n) is 10.4. The number of halogens is 1. The van der Waals surface area contributed by atoms with Gasteiger partial charge < -0.3 is 15.7 Å². The van der Waals surface area contributed by atoms with Gasteiger partial charge in [0, 0.05) is 4.47 Å². The molecule has 0 bridgehead atoms. The maximum absolute atomic E-state index is 11.8. The molecular weight excluding hydrogens is 312 g/mol. The van der Waals surface area contributed by atoms with Gasteiger partial charge in [0.2, 0.25) is 0 Å². The van der Waals surface area contributed by atoms with Crippen molar-refractivity contribution in [3.05, 3.63) is 28.2 Å². The molecule has 3 N–H and O–H groups in total. The lowest BCUT2D eigenvalue weighted by Gasteiger charge is -2.15. The van der Waals surface area contributed by atoms with Crippen molar-refractivity contribution < 1.29 is 14.7 Å². The summed E-state index contributed by atoms with van der Waals surface area (Å²) in [6.07, 6.45) is 1.71. The quantitative estimate of drug-likeness (QED) is 0.796. The molecule has 1 fully saturated rings. The number of aliphatic carboxylic acids is 1. The lowest BCUT2D eigenvalue weighted by atomic mass is 10.2. The van der Waals surface area contributed by atoms with Crippen LogP contribution in [0.3, 0.4) is 0 Å². The van der Waals surface area contributed by atoms with Crippen LogP contribution in [0.4, 0.5) is 10.5 Å². The molecule has 1 aliphatic rings. The number of hydrogen-bond donors (Lipinski definition) is 3. The van der Waals surface area contributed by atoms with E-state index in [-0.39, 0.29) is 5.92 Å². The summed E-state index contributed by atoms with van der Waals surface area (Å²) in [5, 5.41) is 14.2. The van der Waals surface area contributed by atoms with Crippen LogP contribution < -0.4 is 10.6 Å². The lowest BCUT2D eigenvalue weighted by Crippen LogP contribution is -2.44. The van der Waals surface area contributed by atoms with E-state index in [2.05, 4.69) is 26.6 Å². The summed E-state index contributed by atoms with van der Waals surface area (Å²) in [6.45, 7) is 1.95. The summed E-state index contributed by atoms with van der Waals surface area (Å²) in [5.74, 6) is -0.926. The molecule has 1 aromatic rings. The Morgan fingerprint density at radius 2 is 2.11 bits per heavy atom. The highest BCUT2D eigenvalue weighted by Gasteiger charge is 2.37. The van der Waals surface area contributed by atoms with Crippen LogP contribution in [0, 0.1) is 12.8 Å². The summed E-state index contributed by atoms with van der Waals surface area (Å²) in [7, 11) is 0. The van der Waals surface area contributed by atoms with Gasteiger partial charge in [-0.2, -0.15) is 0 Å². The zero-order valence-corrected chi connectivity index (χ0v) is 12.0. The van der Waals surface area contributed by atoms with Crippen LogP contribution in [0.1, 0.15) is 18.4 Å². The first-order valence-electron chi connectivity index (χ1n) is 6.04. The molecular formula is C13H15BrN2O3. The highest BCUT2D eigenvalue weighted by atomic mass is 79.9. The van der Waals surface area contributed by atoms with Gasteiger partial charge in [-0.1, -0.05) is 6.07 Å². The molecule has 1 aliphatic carbocycles. The van der Waals surface area contributed by atoms with E-state index in [0.29, 0.717) is 5.69 Å². The average Bonchev–Trinajstić information content (AvgIpc) is 3.13. The standard InChI is InChI=1S/C13H15BrN2O3/c1-7-2-5-10(9(14)6-7)15-13(19)16-11(12(17)18)8-3-4-8/h2,5-6,8,11H,3-4H2,1H3,(H,17,18)(H2,15,16,19). The molecule has 2 amide bonds. The Balaban J connectivity index is 1.98. The number of carboxylic acid groups (broad SMARTS) is 1. The molecule has 19 heavy (non-hydrogen) atoms. The fourth-order valence-corrected chi connectivity index (χ4v) is 2.42. The predicted octanol–water partition coefficient (Wildman–Crippen LogP) is 2.74. The van der Waals surface area contributed by atoms with E-state index in [1.54, 1.807) is 6.07 Å². The minimum atomic E-state index is -0.986. The summed E-state index contributed by atoms with van der Waals surface area (Å²) in [6, 6.07) is 4.22. The van der Waals surface area contributed by atoms with Gasteiger partial charge in [0.15, 0.2) is 0 Å². The van der Waals surface area contributed by atoms with Crippen molar-refractivity contribution in [2.75, 3.05) is 5.32 Å². The summed E-state index contributed by atoms with van der Waals surface area (Å²) in [4.78, 5) is 22.8. The molecule has 2 rings (SSSR count). The molecule has 0 saturated heterocycles. The minimum absolute atomic E-state index is 0.0599. The fraction of sp³-hybridized carbons (Fsp3) is 0.385. The van der Waals surface area contributed by atoms with Gasteiger partial charge >= 0.3 is 12.0 Å². The fourth-order valence-electron chi connectivity index (χ4n) is 1.83. The van der Waals surface area contributed by atoms with Gasteiger partial charge in [0.1, 0.15) is 6.04 Å². The van der Waals surface area contributed by atoms with Crippen LogP contribution in [0.2, 0.25) is 0 Å². The number of aryl methyl sites for hydroxylation is 1. The normalized spacial score (nSPS) is 15.7. The first-order chi connectivity index (χ1) is 8.97. The Hall–Kier alpha value is -1.56. The van der Waals surface area contributed by atoms with Gasteiger partial charge in [-0.25, -0.2) is 9.59 Å². The number of carbonyl (C=O) groups excluding carboxylic acids is 1. The summed E-state index contributed by atoms with van der Waals surface area (Å²) in [5.41, 5.74) is 1.68. The zero-order chi connectivity index (χ0) is 14.0. The number of anilines is 1. The number of urea groups is 1. The number of benzene rings is 1. The van der Waals surface area contributed by atoms with Crippen molar-refractivity contribution in [3.63, 3.8) is 0 Å². The van der Waals surface area contributed by atoms with Gasteiger partial charge in [-0.15, -0.1) is 0 Å². The Morgan fingerprint density at radius 1 is 1.42 bits per heavy atom. The average molecular weight is 327 g/mol. The molecule has 1 aromatic carbocycles. The molecule has 0 radical (unpaired) electrons. The van der Waals surface area contributed by atoms with E-state index in [1.807, 2.05) is 19.1 Å². The van der Waals surface area contributed by atoms with E-state index in [4.69, 9.17) is 5.11 Å². The van der Waals surface area contributed by atoms with E-state index >= 15 is 0 Å². The third kappa shape index (κ3) is 3.70. The Morgan fingerprint density at radius 3 is 2.63 bits per heavy atom. The molecule has 0 aliphatic heterocycles. The van der Waals surface area contributed by atoms with Crippen LogP contribution >= 0.6 is 15.9 Å². The van der Waals surface area contributed by atoms with Crippen LogP contribution in [0.25, 0.3) is 0 Å². The van der Waals surface area contributed by atoms with Crippen LogP contribution in [0.15, 0.2) is 22.7 Å². The predicted molar refractivity (Wildman–Crippen MR) is 75.2 cm³/mol. The van der Waals surface area contributed by atoms with Gasteiger partial charge in [0.25, 0.3) is 0 Å². The maximum Gasteiger partial charge on any atom is 0.326 e. The van der Waals surface area contributed by atoms with E-state index < -0.39 is 18.0 Å². The number of rotatable bonds is 4. The third-order valence-electron chi connectivity index (χ3n) is 3.02. The molecule has 6 heteroatoms. The topological polar surface area (TPSA) is 78.4 Å². The van der Waals surface area contributed by atoms with Crippen LogP contribution in [0.5, 0.6) is 0 Å². The first-order valence-corrected chi connectivity index (χ1v) is 6.83. The molecule has 0 spiro atoms. The van der Waals surface area contributed by atoms with Gasteiger partial charge in [-0.05, 0) is 59.3 Å². The van der Waals surface area contributed by atoms with Crippen molar-refractivity contribution in [1.82, 2.24) is 5.32 Å². The molecule has 102 valence electrons. The number of amides is 2. The molecule has 1 saturated carbocycles. The lowest BCUT2D eigenvalue weighted by molar-refractivity contribution is -0.139. The first kappa shape index (κ1) is 13.9. The largest absolute Gasteiger partial charge is 0.480 e. The van der Waals surface area contributed by atoms with Crippen molar-refractivity contribution >= 4 is 33.6 Å². The molecule has 1 atom stereocenters. The maximum atomic E-state index is 11.8. The van der Waals surface area contributed by atoms with E-state index in [9.17, 15) is 9.59 Å². The van der Waals surface area contributed by atoms with Crippen molar-refractivity contribution in [1.29, 1.82) is 0 Å². The second-order valence-electron chi connectivity index (χ2n) is 4.74. The summed E-state index contributed by atoms with van der Waals surface area (Å²) >= 11 is 3.35. The Bertz CT molecular complexity index is 515. The Kier molecular flexibility index (Phi) is 4.09. The van der Waals surface area contributed by atoms with E-state index in [1.165, 1.54) is 0 Å². The second-order valence-corrected chi connectivity index (χ2v) is 5.59. The third-order valence-corrected chi connectivity index (χ3v) is 3.67. The number of carboxylic acids is 1. The van der Waals surface area contributed by atoms with Crippen LogP contribution in [-0.2, 0) is 4.79 Å². The molecule has 0 aromatic heterocycles. The SMILES string of the molecule is Cc1ccc(NC(=O)NC(C(=O)O)C2CC2)c(Br)c1. The highest BCUT2D eigenvalue weighted by molar-refractivity contribution is 9.10. The van der Waals surface area contributed by atoms with Crippen molar-refractivity contribution in [3.8, 4) is 0 Å². The number of hydrogen-bond acceptors (Lipinski definition) is 2. The van der Waals surface area contributed by atoms with Gasteiger partial charge in [0.05, 0.1) is 5.69 Å². The van der Waals surface area contributed by atoms with Crippen LogP contribution in [-0.4, -0.2) is 23.1 Å². The van der Waals surface area contributed by atoms with E-state index in [0.717, 1.165) is 22.9 Å². The molecule has 0 heterocycles. The van der Waals surface area contributed by atoms with Crippen molar-refractivity contribution in [2.45, 2.75) is 25.8 Å². The Labute approximate surface area is 119 Å². The molecule has 1 unspecified atom stereocenters. The number of carbonyl (C=O) groups is 2. The molecule has 5 nitrogen and oxygen atoms in total. The van der Waals surface area contributed by atoms with Crippen molar-refractivity contribution in [2.24, 2.45) is 5.92 Å². The minimum Gasteiger partial charge on any atom is -0.480 e. The van der Waals surface area contributed by atoms with Gasteiger partial charge in [-0.3, -0.25) is 0 Å². The second kappa shape index (κ2) is 5.61. The highest BCUT2D eigenvalue weighted by Crippen LogP contribution is 2.32.